The zero-order valence-electron chi connectivity index (χ0n) is 22.2. The highest BCUT2D eigenvalue weighted by molar-refractivity contribution is 5.97. The SMILES string of the molecule is CC.CC1(C)CNCC[C@@H]1Nc1nc(-c2ccnc3[nH]c(C(F)(F)F)cc23)nc2cncc(C3CCC3)c12. The van der Waals surface area contributed by atoms with Crippen LogP contribution in [0.3, 0.4) is 0 Å². The monoisotopic (exact) mass is 525 g/mol. The number of nitrogens with one attached hydrogen (secondary N) is 3. The van der Waals surface area contributed by atoms with Crippen LogP contribution < -0.4 is 10.6 Å². The van der Waals surface area contributed by atoms with Gasteiger partial charge in [-0.15, -0.1) is 0 Å². The quantitative estimate of drug-likeness (QED) is 0.275. The Hall–Kier alpha value is -3.27. The van der Waals surface area contributed by atoms with E-state index in [1.54, 1.807) is 12.3 Å². The van der Waals surface area contributed by atoms with Crippen molar-refractivity contribution in [1.82, 2.24) is 30.2 Å². The number of hydrogen-bond donors (Lipinski definition) is 3. The van der Waals surface area contributed by atoms with E-state index in [-0.39, 0.29) is 17.1 Å². The molecule has 4 aromatic heterocycles. The largest absolute Gasteiger partial charge is 0.431 e. The first-order chi connectivity index (χ1) is 18.2. The molecule has 7 nitrogen and oxygen atoms in total. The summed E-state index contributed by atoms with van der Waals surface area (Å²) in [7, 11) is 0. The van der Waals surface area contributed by atoms with E-state index in [2.05, 4.69) is 39.4 Å². The molecule has 4 aromatic rings. The minimum absolute atomic E-state index is 0.00840. The second-order valence-corrected chi connectivity index (χ2v) is 10.6. The molecule has 3 N–H and O–H groups in total. The smallest absolute Gasteiger partial charge is 0.366 e. The van der Waals surface area contributed by atoms with E-state index in [1.807, 2.05) is 20.0 Å². The summed E-state index contributed by atoms with van der Waals surface area (Å²) >= 11 is 0. The number of piperidine rings is 1. The Bertz CT molecular complexity index is 1440. The predicted molar refractivity (Wildman–Crippen MR) is 144 cm³/mol. The molecule has 1 saturated heterocycles. The van der Waals surface area contributed by atoms with Gasteiger partial charge in [0.1, 0.15) is 17.2 Å². The van der Waals surface area contributed by atoms with Gasteiger partial charge in [0.2, 0.25) is 0 Å². The summed E-state index contributed by atoms with van der Waals surface area (Å²) in [5.41, 5.74) is 1.62. The number of hydrogen-bond acceptors (Lipinski definition) is 6. The van der Waals surface area contributed by atoms with Gasteiger partial charge in [-0.3, -0.25) is 4.98 Å². The van der Waals surface area contributed by atoms with E-state index in [0.29, 0.717) is 28.2 Å². The van der Waals surface area contributed by atoms with Crippen molar-refractivity contribution in [1.29, 1.82) is 0 Å². The molecule has 5 heterocycles. The fourth-order valence-electron chi connectivity index (χ4n) is 5.34. The van der Waals surface area contributed by atoms with Crippen molar-refractivity contribution in [2.75, 3.05) is 18.4 Å². The number of aromatic amines is 1. The van der Waals surface area contributed by atoms with Crippen LogP contribution in [-0.2, 0) is 6.18 Å². The number of halogens is 3. The second-order valence-electron chi connectivity index (χ2n) is 10.6. The van der Waals surface area contributed by atoms with Crippen molar-refractivity contribution in [3.05, 3.63) is 42.0 Å². The summed E-state index contributed by atoms with van der Waals surface area (Å²) in [6.07, 6.45) is 4.95. The summed E-state index contributed by atoms with van der Waals surface area (Å²) in [5, 5.41) is 8.48. The average Bonchev–Trinajstić information content (AvgIpc) is 3.31. The van der Waals surface area contributed by atoms with Crippen molar-refractivity contribution < 1.29 is 13.2 Å². The van der Waals surface area contributed by atoms with Crippen molar-refractivity contribution in [3.63, 3.8) is 0 Å². The number of rotatable bonds is 4. The van der Waals surface area contributed by atoms with Crippen LogP contribution in [0.4, 0.5) is 19.0 Å². The molecule has 2 fully saturated rings. The standard InChI is InChI=1S/C26H28F3N7.C2H6/c1-25(2)13-30-8-7-19(25)34-24-21-17(14-4-3-5-14)11-31-12-18(21)33-23(36-24)15-6-9-32-22-16(15)10-20(35-22)26(27,28)29;1-2/h6,9-12,14,19,30H,3-5,7-8,13H2,1-2H3,(H,32,35)(H,33,34,36);1-2H3/t19-;/m0./s1. The fourth-order valence-corrected chi connectivity index (χ4v) is 5.34. The third-order valence-corrected chi connectivity index (χ3v) is 7.70. The zero-order chi connectivity index (χ0) is 27.1. The lowest BCUT2D eigenvalue weighted by Crippen LogP contribution is -2.49. The number of aromatic nitrogens is 5. The van der Waals surface area contributed by atoms with Crippen molar-refractivity contribution >= 4 is 27.8 Å². The van der Waals surface area contributed by atoms with Crippen LogP contribution in [0, 0.1) is 5.41 Å². The molecule has 1 saturated carbocycles. The number of anilines is 1. The maximum Gasteiger partial charge on any atom is 0.431 e. The molecule has 202 valence electrons. The van der Waals surface area contributed by atoms with Crippen LogP contribution in [0.5, 0.6) is 0 Å². The maximum absolute atomic E-state index is 13.4. The van der Waals surface area contributed by atoms with Crippen LogP contribution in [0.15, 0.2) is 30.7 Å². The number of H-pyrrole nitrogens is 1. The van der Waals surface area contributed by atoms with Gasteiger partial charge in [-0.1, -0.05) is 34.1 Å². The minimum atomic E-state index is -4.50. The van der Waals surface area contributed by atoms with Gasteiger partial charge in [0, 0.05) is 41.3 Å². The van der Waals surface area contributed by atoms with Gasteiger partial charge < -0.3 is 15.6 Å². The first-order valence-corrected chi connectivity index (χ1v) is 13.4. The van der Waals surface area contributed by atoms with E-state index < -0.39 is 11.9 Å². The van der Waals surface area contributed by atoms with E-state index in [0.717, 1.165) is 55.2 Å². The third-order valence-electron chi connectivity index (χ3n) is 7.70. The van der Waals surface area contributed by atoms with Gasteiger partial charge in [0.25, 0.3) is 0 Å². The molecular weight excluding hydrogens is 491 g/mol. The molecule has 0 aromatic carbocycles. The first kappa shape index (κ1) is 26.3. The Morgan fingerprint density at radius 2 is 1.87 bits per heavy atom. The summed E-state index contributed by atoms with van der Waals surface area (Å²) in [6, 6.07) is 2.92. The highest BCUT2D eigenvalue weighted by Crippen LogP contribution is 2.42. The number of nitrogens with zero attached hydrogens (tertiary/aromatic N) is 4. The Balaban J connectivity index is 0.00000144. The summed E-state index contributed by atoms with van der Waals surface area (Å²) < 4.78 is 40.2. The molecule has 38 heavy (non-hydrogen) atoms. The molecule has 1 aliphatic carbocycles. The Kier molecular flexibility index (Phi) is 7.02. The highest BCUT2D eigenvalue weighted by Gasteiger charge is 2.35. The van der Waals surface area contributed by atoms with Crippen LogP contribution in [0.2, 0.25) is 0 Å². The Labute approximate surface area is 220 Å². The van der Waals surface area contributed by atoms with E-state index in [4.69, 9.17) is 9.97 Å². The number of pyridine rings is 2. The molecule has 10 heteroatoms. The van der Waals surface area contributed by atoms with E-state index >= 15 is 0 Å². The number of fused-ring (bicyclic) bond motifs is 2. The second kappa shape index (κ2) is 10.1. The summed E-state index contributed by atoms with van der Waals surface area (Å²) in [4.78, 5) is 20.7. The van der Waals surface area contributed by atoms with Crippen LogP contribution in [-0.4, -0.2) is 44.1 Å². The summed E-state index contributed by atoms with van der Waals surface area (Å²) in [5.74, 6) is 1.49. The van der Waals surface area contributed by atoms with Crippen LogP contribution in [0.1, 0.15) is 70.6 Å². The molecule has 0 amide bonds. The van der Waals surface area contributed by atoms with Crippen molar-refractivity contribution in [2.24, 2.45) is 5.41 Å². The third kappa shape index (κ3) is 4.81. The van der Waals surface area contributed by atoms with E-state index in [1.165, 1.54) is 12.6 Å². The zero-order valence-corrected chi connectivity index (χ0v) is 22.2. The average molecular weight is 526 g/mol. The lowest BCUT2D eigenvalue weighted by Gasteiger charge is -2.40. The van der Waals surface area contributed by atoms with E-state index in [9.17, 15) is 13.2 Å². The Morgan fingerprint density at radius 3 is 2.55 bits per heavy atom. The topological polar surface area (TPSA) is 91.4 Å². The molecule has 6 rings (SSSR count). The summed E-state index contributed by atoms with van der Waals surface area (Å²) in [6.45, 7) is 10.2. The lowest BCUT2D eigenvalue weighted by atomic mass is 9.78. The number of alkyl halides is 3. The fraction of sp³-hybridized carbons (Fsp3) is 0.500. The molecular formula is C28H34F3N7. The molecule has 0 unspecified atom stereocenters. The van der Waals surface area contributed by atoms with Gasteiger partial charge >= 0.3 is 6.18 Å². The molecule has 1 atom stereocenters. The van der Waals surface area contributed by atoms with Crippen molar-refractivity contribution in [3.8, 4) is 11.4 Å². The molecule has 2 aliphatic rings. The normalized spacial score (nSPS) is 19.6. The van der Waals surface area contributed by atoms with Gasteiger partial charge in [-0.25, -0.2) is 15.0 Å². The minimum Gasteiger partial charge on any atom is -0.366 e. The van der Waals surface area contributed by atoms with Gasteiger partial charge in [0.05, 0.1) is 11.7 Å². The predicted octanol–water partition coefficient (Wildman–Crippen LogP) is 6.68. The van der Waals surface area contributed by atoms with Crippen LogP contribution >= 0.6 is 0 Å². The van der Waals surface area contributed by atoms with Gasteiger partial charge in [-0.2, -0.15) is 13.2 Å². The maximum atomic E-state index is 13.4. The highest BCUT2D eigenvalue weighted by atomic mass is 19.4. The van der Waals surface area contributed by atoms with Crippen LogP contribution in [0.25, 0.3) is 33.3 Å². The molecule has 0 radical (unpaired) electrons. The lowest BCUT2D eigenvalue weighted by molar-refractivity contribution is -0.140. The first-order valence-electron chi connectivity index (χ1n) is 13.4. The molecule has 0 spiro atoms. The molecule has 0 bridgehead atoms. The Morgan fingerprint density at radius 1 is 1.08 bits per heavy atom. The van der Waals surface area contributed by atoms with Gasteiger partial charge in [0.15, 0.2) is 5.82 Å². The molecule has 1 aliphatic heterocycles. The van der Waals surface area contributed by atoms with Gasteiger partial charge in [-0.05, 0) is 54.8 Å². The van der Waals surface area contributed by atoms with Crippen molar-refractivity contribution in [2.45, 2.75) is 71.5 Å².